The Labute approximate surface area is 129 Å². The lowest BCUT2D eigenvalue weighted by Crippen LogP contribution is -2.47. The van der Waals surface area contributed by atoms with Gasteiger partial charge in [0.05, 0.1) is 5.92 Å². The normalized spacial score (nSPS) is 18.4. The van der Waals surface area contributed by atoms with Crippen LogP contribution in [0.3, 0.4) is 0 Å². The number of halogens is 1. The summed E-state index contributed by atoms with van der Waals surface area (Å²) in [5.41, 5.74) is 0.988. The molecule has 1 atom stereocenters. The molecule has 1 saturated heterocycles. The molecule has 1 aliphatic heterocycles. The number of likely N-dealkylation sites (tertiary alicyclic amines) is 1. The Kier molecular flexibility index (Phi) is 5.07. The summed E-state index contributed by atoms with van der Waals surface area (Å²) in [6.07, 6.45) is 1.37. The first-order valence-electron chi connectivity index (χ1n) is 6.94. The number of carbonyl (C=O) groups excluding carboxylic acids is 1. The van der Waals surface area contributed by atoms with E-state index in [0.29, 0.717) is 31.1 Å². The smallest absolute Gasteiger partial charge is 0.320 e. The Morgan fingerprint density at radius 1 is 1.38 bits per heavy atom. The van der Waals surface area contributed by atoms with Crippen molar-refractivity contribution in [1.29, 1.82) is 0 Å². The molecule has 1 aliphatic rings. The maximum atomic E-state index is 12.4. The largest absolute Gasteiger partial charge is 0.481 e. The van der Waals surface area contributed by atoms with Crippen LogP contribution in [0.4, 0.5) is 4.79 Å². The van der Waals surface area contributed by atoms with E-state index in [4.69, 9.17) is 16.7 Å². The Hall–Kier alpha value is -1.75. The summed E-state index contributed by atoms with van der Waals surface area (Å²) in [7, 11) is 1.72. The van der Waals surface area contributed by atoms with E-state index in [0.717, 1.165) is 12.0 Å². The van der Waals surface area contributed by atoms with Crippen LogP contribution < -0.4 is 0 Å². The highest BCUT2D eigenvalue weighted by Crippen LogP contribution is 2.18. The van der Waals surface area contributed by atoms with Crippen molar-refractivity contribution in [1.82, 2.24) is 9.80 Å². The highest BCUT2D eigenvalue weighted by molar-refractivity contribution is 6.30. The number of carbonyl (C=O) groups is 2. The number of rotatable bonds is 3. The molecule has 0 saturated carbocycles. The predicted molar refractivity (Wildman–Crippen MR) is 80.2 cm³/mol. The molecule has 0 spiro atoms. The zero-order chi connectivity index (χ0) is 15.4. The molecule has 5 nitrogen and oxygen atoms in total. The standard InChI is InChI=1S/C15H19ClN2O3/c1-17(9-11-4-6-13(16)7-5-11)15(21)18-8-2-3-12(10-18)14(19)20/h4-7,12H,2-3,8-10H2,1H3,(H,19,20)/t12-/m0/s1. The van der Waals surface area contributed by atoms with Crippen LogP contribution in [0.2, 0.25) is 5.02 Å². The molecule has 0 aliphatic carbocycles. The van der Waals surface area contributed by atoms with Crippen molar-refractivity contribution in [2.75, 3.05) is 20.1 Å². The van der Waals surface area contributed by atoms with Gasteiger partial charge in [-0.1, -0.05) is 23.7 Å². The maximum Gasteiger partial charge on any atom is 0.320 e. The lowest BCUT2D eigenvalue weighted by molar-refractivity contribution is -0.143. The van der Waals surface area contributed by atoms with E-state index in [9.17, 15) is 9.59 Å². The summed E-state index contributed by atoms with van der Waals surface area (Å²) >= 11 is 5.83. The number of hydrogen-bond acceptors (Lipinski definition) is 2. The molecule has 6 heteroatoms. The van der Waals surface area contributed by atoms with Gasteiger partial charge in [-0.05, 0) is 30.5 Å². The number of carboxylic acid groups (broad SMARTS) is 1. The lowest BCUT2D eigenvalue weighted by Gasteiger charge is -2.33. The SMILES string of the molecule is CN(Cc1ccc(Cl)cc1)C(=O)N1CCC[C@H](C(=O)O)C1. The molecular weight excluding hydrogens is 292 g/mol. The van der Waals surface area contributed by atoms with Crippen molar-refractivity contribution in [2.45, 2.75) is 19.4 Å². The van der Waals surface area contributed by atoms with E-state index >= 15 is 0 Å². The third-order valence-corrected chi connectivity index (χ3v) is 3.95. The second-order valence-corrected chi connectivity index (χ2v) is 5.82. The van der Waals surface area contributed by atoms with E-state index < -0.39 is 11.9 Å². The first kappa shape index (κ1) is 15.6. The molecule has 0 unspecified atom stereocenters. The molecule has 1 fully saturated rings. The summed E-state index contributed by atoms with van der Waals surface area (Å²) < 4.78 is 0. The average molecular weight is 311 g/mol. The van der Waals surface area contributed by atoms with E-state index in [-0.39, 0.29) is 6.03 Å². The molecule has 114 valence electrons. The summed E-state index contributed by atoms with van der Waals surface area (Å²) in [4.78, 5) is 26.6. The topological polar surface area (TPSA) is 60.9 Å². The Morgan fingerprint density at radius 2 is 2.05 bits per heavy atom. The lowest BCUT2D eigenvalue weighted by atomic mass is 9.99. The number of amides is 2. The molecule has 0 bridgehead atoms. The quantitative estimate of drug-likeness (QED) is 0.933. The molecule has 2 rings (SSSR count). The number of benzene rings is 1. The number of nitrogens with zero attached hydrogens (tertiary/aromatic N) is 2. The van der Waals surface area contributed by atoms with Crippen molar-refractivity contribution >= 4 is 23.6 Å². The highest BCUT2D eigenvalue weighted by Gasteiger charge is 2.29. The Balaban J connectivity index is 1.95. The zero-order valence-electron chi connectivity index (χ0n) is 12.0. The molecule has 21 heavy (non-hydrogen) atoms. The summed E-state index contributed by atoms with van der Waals surface area (Å²) in [6, 6.07) is 7.20. The molecule has 0 aromatic heterocycles. The second-order valence-electron chi connectivity index (χ2n) is 5.39. The molecule has 1 heterocycles. The molecule has 1 N–H and O–H groups in total. The van der Waals surface area contributed by atoms with Gasteiger partial charge in [0.25, 0.3) is 0 Å². The van der Waals surface area contributed by atoms with E-state index in [1.165, 1.54) is 0 Å². The van der Waals surface area contributed by atoms with Gasteiger partial charge in [0, 0.05) is 31.7 Å². The third kappa shape index (κ3) is 4.11. The third-order valence-electron chi connectivity index (χ3n) is 3.70. The van der Waals surface area contributed by atoms with Gasteiger partial charge in [0.15, 0.2) is 0 Å². The van der Waals surface area contributed by atoms with E-state index in [1.807, 2.05) is 12.1 Å². The van der Waals surface area contributed by atoms with Crippen LogP contribution in [0.15, 0.2) is 24.3 Å². The minimum atomic E-state index is -0.826. The predicted octanol–water partition coefficient (Wildman–Crippen LogP) is 2.69. The van der Waals surface area contributed by atoms with Gasteiger partial charge >= 0.3 is 12.0 Å². The maximum absolute atomic E-state index is 12.4. The minimum absolute atomic E-state index is 0.129. The van der Waals surface area contributed by atoms with Crippen LogP contribution in [-0.4, -0.2) is 47.0 Å². The molecule has 2 amide bonds. The number of aliphatic carboxylic acids is 1. The first-order chi connectivity index (χ1) is 9.97. The fourth-order valence-corrected chi connectivity index (χ4v) is 2.65. The van der Waals surface area contributed by atoms with Gasteiger partial charge in [-0.3, -0.25) is 4.79 Å². The zero-order valence-corrected chi connectivity index (χ0v) is 12.7. The van der Waals surface area contributed by atoms with E-state index in [1.54, 1.807) is 29.0 Å². The molecule has 1 aromatic carbocycles. The van der Waals surface area contributed by atoms with Crippen LogP contribution in [0.1, 0.15) is 18.4 Å². The second kappa shape index (κ2) is 6.80. The van der Waals surface area contributed by atoms with Crippen LogP contribution in [0.25, 0.3) is 0 Å². The van der Waals surface area contributed by atoms with Crippen LogP contribution >= 0.6 is 11.6 Å². The number of carboxylic acids is 1. The average Bonchev–Trinajstić information content (AvgIpc) is 2.49. The van der Waals surface area contributed by atoms with Gasteiger partial charge in [0.1, 0.15) is 0 Å². The number of piperidine rings is 1. The fourth-order valence-electron chi connectivity index (χ4n) is 2.53. The summed E-state index contributed by atoms with van der Waals surface area (Å²) in [5.74, 6) is -1.28. The van der Waals surface area contributed by atoms with Gasteiger partial charge in [-0.15, -0.1) is 0 Å². The summed E-state index contributed by atoms with van der Waals surface area (Å²) in [5, 5.41) is 9.73. The molecule has 1 aromatic rings. The van der Waals surface area contributed by atoms with Crippen molar-refractivity contribution in [3.05, 3.63) is 34.9 Å². The Bertz CT molecular complexity index is 518. The van der Waals surface area contributed by atoms with Crippen molar-refractivity contribution in [3.8, 4) is 0 Å². The van der Waals surface area contributed by atoms with Crippen LogP contribution in [0.5, 0.6) is 0 Å². The van der Waals surface area contributed by atoms with Gasteiger partial charge in [-0.25, -0.2) is 4.79 Å². The summed E-state index contributed by atoms with van der Waals surface area (Å²) in [6.45, 7) is 1.39. The van der Waals surface area contributed by atoms with E-state index in [2.05, 4.69) is 0 Å². The van der Waals surface area contributed by atoms with Crippen molar-refractivity contribution in [2.24, 2.45) is 5.92 Å². The molecular formula is C15H19ClN2O3. The first-order valence-corrected chi connectivity index (χ1v) is 7.32. The van der Waals surface area contributed by atoms with Crippen molar-refractivity contribution in [3.63, 3.8) is 0 Å². The number of urea groups is 1. The monoisotopic (exact) mass is 310 g/mol. The minimum Gasteiger partial charge on any atom is -0.481 e. The molecule has 0 radical (unpaired) electrons. The van der Waals surface area contributed by atoms with Gasteiger partial charge < -0.3 is 14.9 Å². The highest BCUT2D eigenvalue weighted by atomic mass is 35.5. The van der Waals surface area contributed by atoms with Crippen LogP contribution in [-0.2, 0) is 11.3 Å². The Morgan fingerprint density at radius 3 is 2.67 bits per heavy atom. The van der Waals surface area contributed by atoms with Crippen LogP contribution in [0, 0.1) is 5.92 Å². The number of hydrogen-bond donors (Lipinski definition) is 1. The van der Waals surface area contributed by atoms with Gasteiger partial charge in [-0.2, -0.15) is 0 Å². The fraction of sp³-hybridized carbons (Fsp3) is 0.467. The van der Waals surface area contributed by atoms with Gasteiger partial charge in [0.2, 0.25) is 0 Å². The van der Waals surface area contributed by atoms with Crippen molar-refractivity contribution < 1.29 is 14.7 Å².